The Balaban J connectivity index is 2.48. The Hall–Kier alpha value is -1.43. The van der Waals surface area contributed by atoms with Gasteiger partial charge in [-0.15, -0.1) is 0 Å². The predicted octanol–water partition coefficient (Wildman–Crippen LogP) is -0.0452. The maximum Gasteiger partial charge on any atom is 0.267 e. The number of hydrogen-bond acceptors (Lipinski definition) is 4. The second kappa shape index (κ2) is 6.49. The fourth-order valence-corrected chi connectivity index (χ4v) is 1.95. The van der Waals surface area contributed by atoms with E-state index in [1.165, 1.54) is 0 Å². The van der Waals surface area contributed by atoms with Crippen molar-refractivity contribution in [3.05, 3.63) is 0 Å². The average molecular weight is 254 g/mol. The van der Waals surface area contributed by atoms with Crippen LogP contribution in [0, 0.1) is 5.92 Å². The minimum absolute atomic E-state index is 0.139. The Morgan fingerprint density at radius 3 is 2.56 bits per heavy atom. The van der Waals surface area contributed by atoms with Crippen LogP contribution in [0.2, 0.25) is 0 Å². The minimum Gasteiger partial charge on any atom is -0.349 e. The van der Waals surface area contributed by atoms with Crippen molar-refractivity contribution in [2.24, 2.45) is 11.0 Å². The number of nitrogens with zero attached hydrogens (tertiary/aromatic N) is 2. The second-order valence-electron chi connectivity index (χ2n) is 5.08. The molecule has 1 heterocycles. The van der Waals surface area contributed by atoms with Crippen LogP contribution in [-0.2, 0) is 9.59 Å². The van der Waals surface area contributed by atoms with Gasteiger partial charge < -0.3 is 10.2 Å². The molecule has 1 aliphatic rings. The van der Waals surface area contributed by atoms with Gasteiger partial charge in [-0.2, -0.15) is 5.10 Å². The maximum absolute atomic E-state index is 11.8. The first-order valence-corrected chi connectivity index (χ1v) is 6.22. The van der Waals surface area contributed by atoms with Crippen molar-refractivity contribution in [3.63, 3.8) is 0 Å². The molecule has 0 aromatic heterocycles. The highest BCUT2D eigenvalue weighted by atomic mass is 16.2. The van der Waals surface area contributed by atoms with Gasteiger partial charge in [0.2, 0.25) is 5.91 Å². The monoisotopic (exact) mass is 254 g/mol. The van der Waals surface area contributed by atoms with Crippen LogP contribution in [0.4, 0.5) is 0 Å². The summed E-state index contributed by atoms with van der Waals surface area (Å²) in [6.45, 7) is 4.82. The Morgan fingerprint density at radius 2 is 2.11 bits per heavy atom. The third-order valence-corrected chi connectivity index (χ3v) is 3.07. The van der Waals surface area contributed by atoms with E-state index in [0.717, 1.165) is 0 Å². The van der Waals surface area contributed by atoms with Gasteiger partial charge >= 0.3 is 0 Å². The van der Waals surface area contributed by atoms with E-state index >= 15 is 0 Å². The van der Waals surface area contributed by atoms with E-state index in [-0.39, 0.29) is 17.9 Å². The number of hydrazone groups is 1. The van der Waals surface area contributed by atoms with E-state index in [1.807, 2.05) is 14.1 Å². The lowest BCUT2D eigenvalue weighted by Gasteiger charge is -2.28. The van der Waals surface area contributed by atoms with Gasteiger partial charge in [-0.1, -0.05) is 13.8 Å². The van der Waals surface area contributed by atoms with Crippen molar-refractivity contribution in [2.75, 3.05) is 20.6 Å². The minimum atomic E-state index is -0.192. The number of nitrogens with one attached hydrogen (secondary N) is 2. The van der Waals surface area contributed by atoms with E-state index in [9.17, 15) is 9.59 Å². The zero-order valence-electron chi connectivity index (χ0n) is 11.5. The lowest BCUT2D eigenvalue weighted by atomic mass is 10.0. The van der Waals surface area contributed by atoms with Crippen LogP contribution in [-0.4, -0.2) is 49.1 Å². The molecule has 6 nitrogen and oxygen atoms in total. The molecule has 0 aromatic carbocycles. The summed E-state index contributed by atoms with van der Waals surface area (Å²) in [5.41, 5.74) is 2.72. The van der Waals surface area contributed by atoms with E-state index in [4.69, 9.17) is 0 Å². The zero-order valence-corrected chi connectivity index (χ0v) is 11.5. The molecule has 1 atom stereocenters. The van der Waals surface area contributed by atoms with Crippen LogP contribution in [0.5, 0.6) is 0 Å². The number of carbonyl (C=O) groups is 2. The Kier molecular flexibility index (Phi) is 5.27. The van der Waals surface area contributed by atoms with Gasteiger partial charge in [0.05, 0.1) is 0 Å². The van der Waals surface area contributed by atoms with Crippen molar-refractivity contribution in [1.82, 2.24) is 15.6 Å². The molecule has 2 N–H and O–H groups in total. The quantitative estimate of drug-likeness (QED) is 0.722. The Bertz CT molecular complexity index is 342. The van der Waals surface area contributed by atoms with Gasteiger partial charge in [0.25, 0.3) is 5.91 Å². The van der Waals surface area contributed by atoms with Crippen molar-refractivity contribution < 1.29 is 9.59 Å². The zero-order chi connectivity index (χ0) is 13.7. The van der Waals surface area contributed by atoms with Crippen LogP contribution < -0.4 is 10.7 Å². The van der Waals surface area contributed by atoms with E-state index in [1.54, 1.807) is 0 Å². The van der Waals surface area contributed by atoms with Crippen LogP contribution in [0.25, 0.3) is 0 Å². The highest BCUT2D eigenvalue weighted by Gasteiger charge is 2.21. The van der Waals surface area contributed by atoms with Crippen LogP contribution in [0.1, 0.15) is 26.7 Å². The molecular weight excluding hydrogens is 232 g/mol. The topological polar surface area (TPSA) is 73.8 Å². The number of carbonyl (C=O) groups excluding carboxylic acids is 2. The predicted molar refractivity (Wildman–Crippen MR) is 70.1 cm³/mol. The Labute approximate surface area is 108 Å². The second-order valence-corrected chi connectivity index (χ2v) is 5.08. The first-order chi connectivity index (χ1) is 8.41. The first kappa shape index (κ1) is 14.6. The Morgan fingerprint density at radius 1 is 1.44 bits per heavy atom. The molecule has 0 aliphatic carbocycles. The average Bonchev–Trinajstić information content (AvgIpc) is 2.28. The molecule has 0 bridgehead atoms. The molecule has 102 valence electrons. The van der Waals surface area contributed by atoms with Crippen LogP contribution >= 0.6 is 0 Å². The van der Waals surface area contributed by atoms with E-state index < -0.39 is 0 Å². The highest BCUT2D eigenvalue weighted by molar-refractivity contribution is 6.39. The molecule has 0 saturated heterocycles. The summed E-state index contributed by atoms with van der Waals surface area (Å²) in [5, 5.41) is 6.64. The molecular formula is C12H22N4O2. The summed E-state index contributed by atoms with van der Waals surface area (Å²) in [7, 11) is 3.99. The fraction of sp³-hybridized carbons (Fsp3) is 0.750. The molecule has 0 radical (unpaired) electrons. The van der Waals surface area contributed by atoms with Crippen molar-refractivity contribution in [1.29, 1.82) is 0 Å². The molecule has 0 fully saturated rings. The van der Waals surface area contributed by atoms with Gasteiger partial charge in [0.1, 0.15) is 5.71 Å². The summed E-state index contributed by atoms with van der Waals surface area (Å²) in [6.07, 6.45) is 0.736. The smallest absolute Gasteiger partial charge is 0.267 e. The van der Waals surface area contributed by atoms with E-state index in [0.29, 0.717) is 31.0 Å². The van der Waals surface area contributed by atoms with Crippen LogP contribution in [0.3, 0.4) is 0 Å². The van der Waals surface area contributed by atoms with Crippen molar-refractivity contribution >= 4 is 17.5 Å². The lowest BCUT2D eigenvalue weighted by molar-refractivity contribution is -0.121. The molecule has 2 amide bonds. The molecule has 0 spiro atoms. The maximum atomic E-state index is 11.8. The summed E-state index contributed by atoms with van der Waals surface area (Å²) in [4.78, 5) is 24.9. The SMILES string of the molecule is CC(C)C(CNC(=O)C1=NNC(=O)CC1)N(C)C. The van der Waals surface area contributed by atoms with Crippen molar-refractivity contribution in [3.8, 4) is 0 Å². The largest absolute Gasteiger partial charge is 0.349 e. The highest BCUT2D eigenvalue weighted by Crippen LogP contribution is 2.06. The fourth-order valence-electron chi connectivity index (χ4n) is 1.95. The molecule has 1 rings (SSSR count). The van der Waals surface area contributed by atoms with Crippen LogP contribution in [0.15, 0.2) is 5.10 Å². The lowest BCUT2D eigenvalue weighted by Crippen LogP contribution is -2.46. The molecule has 1 unspecified atom stereocenters. The normalized spacial score (nSPS) is 17.4. The third-order valence-electron chi connectivity index (χ3n) is 3.07. The van der Waals surface area contributed by atoms with Gasteiger partial charge in [0.15, 0.2) is 0 Å². The van der Waals surface area contributed by atoms with Gasteiger partial charge in [-0.05, 0) is 20.0 Å². The standard InChI is InChI=1S/C12H22N4O2/c1-8(2)10(16(3)4)7-13-12(18)9-5-6-11(17)15-14-9/h8,10H,5-7H2,1-4H3,(H,13,18)(H,15,17). The molecule has 0 aromatic rings. The van der Waals surface area contributed by atoms with Crippen molar-refractivity contribution in [2.45, 2.75) is 32.7 Å². The summed E-state index contributed by atoms with van der Waals surface area (Å²) >= 11 is 0. The molecule has 0 saturated carbocycles. The number of likely N-dealkylation sites (N-methyl/N-ethyl adjacent to an activating group) is 1. The summed E-state index contributed by atoms with van der Waals surface area (Å²) in [5.74, 6) is 0.121. The number of rotatable bonds is 5. The molecule has 18 heavy (non-hydrogen) atoms. The van der Waals surface area contributed by atoms with Gasteiger partial charge in [-0.3, -0.25) is 9.59 Å². The van der Waals surface area contributed by atoms with Gasteiger partial charge in [-0.25, -0.2) is 5.43 Å². The summed E-state index contributed by atoms with van der Waals surface area (Å²) < 4.78 is 0. The molecule has 6 heteroatoms. The number of hydrogen-bond donors (Lipinski definition) is 2. The van der Waals surface area contributed by atoms with Gasteiger partial charge in [0, 0.05) is 25.4 Å². The number of amides is 2. The third kappa shape index (κ3) is 4.10. The van der Waals surface area contributed by atoms with E-state index in [2.05, 4.69) is 34.6 Å². The first-order valence-electron chi connectivity index (χ1n) is 6.22. The summed E-state index contributed by atoms with van der Waals surface area (Å²) in [6, 6.07) is 0.285. The molecule has 1 aliphatic heterocycles.